The highest BCUT2D eigenvalue weighted by Gasteiger charge is 2.07. The molecule has 0 spiro atoms. The summed E-state index contributed by atoms with van der Waals surface area (Å²) in [4.78, 5) is 18.3. The third-order valence-corrected chi connectivity index (χ3v) is 3.70. The molecule has 0 fully saturated rings. The van der Waals surface area contributed by atoms with E-state index in [1.165, 1.54) is 30.3 Å². The van der Waals surface area contributed by atoms with Crippen molar-refractivity contribution < 1.29 is 13.2 Å². The first-order valence-corrected chi connectivity index (χ1v) is 7.86. The minimum absolute atomic E-state index is 0.178. The minimum Gasteiger partial charge on any atom is -0.439 e. The monoisotopic (exact) mass is 294 g/mol. The topological polar surface area (TPSA) is 89.1 Å². The molecule has 0 bridgehead atoms. The van der Waals surface area contributed by atoms with Crippen LogP contribution >= 0.6 is 0 Å². The fourth-order valence-electron chi connectivity index (χ4n) is 1.58. The molecule has 0 radical (unpaired) electrons. The molecule has 0 atom stereocenters. The van der Waals surface area contributed by atoms with Crippen molar-refractivity contribution in [1.82, 2.24) is 9.97 Å². The summed E-state index contributed by atoms with van der Waals surface area (Å²) < 4.78 is 28.1. The quantitative estimate of drug-likeness (QED) is 0.923. The lowest BCUT2D eigenvalue weighted by atomic mass is 10.3. The Hall–Kier alpha value is -2.15. The molecule has 106 valence electrons. The number of nitrogens with one attached hydrogen (secondary N) is 1. The Morgan fingerprint density at radius 1 is 1.25 bits per heavy atom. The largest absolute Gasteiger partial charge is 0.439 e. The predicted octanol–water partition coefficient (Wildman–Crippen LogP) is 1.53. The zero-order chi connectivity index (χ0) is 14.8. The molecular weight excluding hydrogens is 280 g/mol. The number of sulfone groups is 1. The van der Waals surface area contributed by atoms with E-state index in [1.54, 1.807) is 0 Å². The zero-order valence-electron chi connectivity index (χ0n) is 11.1. The van der Waals surface area contributed by atoms with Crippen molar-refractivity contribution in [2.45, 2.75) is 18.2 Å². The zero-order valence-corrected chi connectivity index (χ0v) is 11.9. The van der Waals surface area contributed by atoms with E-state index in [0.29, 0.717) is 18.0 Å². The Labute approximate surface area is 116 Å². The van der Waals surface area contributed by atoms with E-state index >= 15 is 0 Å². The van der Waals surface area contributed by atoms with Gasteiger partial charge in [-0.2, -0.15) is 4.98 Å². The van der Waals surface area contributed by atoms with Crippen LogP contribution in [0.4, 0.5) is 0 Å². The lowest BCUT2D eigenvalue weighted by Crippen LogP contribution is -2.10. The molecule has 2 aromatic rings. The third-order valence-electron chi connectivity index (χ3n) is 2.58. The first-order valence-electron chi connectivity index (χ1n) is 5.96. The standard InChI is InChI=1S/C13H14N2O4S/c1-3-11-14-12(16)8-13(15-11)19-9-4-6-10(7-5-9)20(2,17)18/h4-8H,3H2,1-2H3,(H,14,15,16). The van der Waals surface area contributed by atoms with E-state index in [4.69, 9.17) is 4.74 Å². The fourth-order valence-corrected chi connectivity index (χ4v) is 2.21. The summed E-state index contributed by atoms with van der Waals surface area (Å²) >= 11 is 0. The normalized spacial score (nSPS) is 11.3. The van der Waals surface area contributed by atoms with Gasteiger partial charge in [0.2, 0.25) is 5.88 Å². The second-order valence-electron chi connectivity index (χ2n) is 4.23. The molecule has 2 rings (SSSR count). The SMILES string of the molecule is CCc1nc(Oc2ccc(S(C)(=O)=O)cc2)cc(=O)[nH]1. The Morgan fingerprint density at radius 3 is 2.45 bits per heavy atom. The lowest BCUT2D eigenvalue weighted by molar-refractivity contribution is 0.457. The number of H-pyrrole nitrogens is 1. The van der Waals surface area contributed by atoms with Gasteiger partial charge in [0, 0.05) is 12.7 Å². The number of hydrogen-bond acceptors (Lipinski definition) is 5. The summed E-state index contributed by atoms with van der Waals surface area (Å²) in [5, 5.41) is 0. The highest BCUT2D eigenvalue weighted by Crippen LogP contribution is 2.20. The molecule has 20 heavy (non-hydrogen) atoms. The van der Waals surface area contributed by atoms with Crippen LogP contribution in [0.2, 0.25) is 0 Å². The molecule has 0 aliphatic rings. The number of benzene rings is 1. The Morgan fingerprint density at radius 2 is 1.90 bits per heavy atom. The second kappa shape index (κ2) is 5.46. The average Bonchev–Trinajstić information content (AvgIpc) is 2.37. The van der Waals surface area contributed by atoms with Gasteiger partial charge in [0.1, 0.15) is 11.6 Å². The highest BCUT2D eigenvalue weighted by atomic mass is 32.2. The van der Waals surface area contributed by atoms with Crippen LogP contribution in [0.5, 0.6) is 11.6 Å². The van der Waals surface area contributed by atoms with Gasteiger partial charge in [-0.15, -0.1) is 0 Å². The number of aryl methyl sites for hydroxylation is 1. The van der Waals surface area contributed by atoms with Crippen LogP contribution in [0, 0.1) is 0 Å². The summed E-state index contributed by atoms with van der Waals surface area (Å²) in [6.07, 6.45) is 1.72. The van der Waals surface area contributed by atoms with Crippen LogP contribution in [-0.2, 0) is 16.3 Å². The van der Waals surface area contributed by atoms with E-state index in [2.05, 4.69) is 9.97 Å². The molecule has 0 saturated carbocycles. The van der Waals surface area contributed by atoms with Crippen molar-refractivity contribution in [2.24, 2.45) is 0 Å². The van der Waals surface area contributed by atoms with Gasteiger partial charge in [0.05, 0.1) is 11.0 Å². The first-order chi connectivity index (χ1) is 9.38. The lowest BCUT2D eigenvalue weighted by Gasteiger charge is -2.06. The first kappa shape index (κ1) is 14.3. The van der Waals surface area contributed by atoms with Crippen molar-refractivity contribution >= 4 is 9.84 Å². The molecule has 1 N–H and O–H groups in total. The van der Waals surface area contributed by atoms with E-state index in [9.17, 15) is 13.2 Å². The molecular formula is C13H14N2O4S. The molecule has 0 amide bonds. The Balaban J connectivity index is 2.26. The van der Waals surface area contributed by atoms with Crippen molar-refractivity contribution in [1.29, 1.82) is 0 Å². The molecule has 0 aliphatic carbocycles. The molecule has 0 unspecified atom stereocenters. The van der Waals surface area contributed by atoms with Crippen molar-refractivity contribution in [3.63, 3.8) is 0 Å². The highest BCUT2D eigenvalue weighted by molar-refractivity contribution is 7.90. The van der Waals surface area contributed by atoms with E-state index in [-0.39, 0.29) is 16.3 Å². The number of ether oxygens (including phenoxy) is 1. The van der Waals surface area contributed by atoms with Gasteiger partial charge in [0.15, 0.2) is 9.84 Å². The Kier molecular flexibility index (Phi) is 3.89. The summed E-state index contributed by atoms with van der Waals surface area (Å²) in [5.74, 6) is 1.12. The van der Waals surface area contributed by atoms with Crippen LogP contribution < -0.4 is 10.3 Å². The average molecular weight is 294 g/mol. The van der Waals surface area contributed by atoms with Crippen LogP contribution in [0.1, 0.15) is 12.7 Å². The van der Waals surface area contributed by atoms with Gasteiger partial charge in [-0.3, -0.25) is 4.79 Å². The molecule has 0 saturated heterocycles. The maximum Gasteiger partial charge on any atom is 0.254 e. The van der Waals surface area contributed by atoms with Crippen molar-refractivity contribution in [2.75, 3.05) is 6.26 Å². The van der Waals surface area contributed by atoms with Crippen molar-refractivity contribution in [3.8, 4) is 11.6 Å². The third kappa shape index (κ3) is 3.45. The maximum absolute atomic E-state index is 11.4. The van der Waals surface area contributed by atoms with Crippen LogP contribution in [-0.4, -0.2) is 24.6 Å². The smallest absolute Gasteiger partial charge is 0.254 e. The summed E-state index contributed by atoms with van der Waals surface area (Å²) in [7, 11) is -3.24. The van der Waals surface area contributed by atoms with Crippen molar-refractivity contribution in [3.05, 3.63) is 46.5 Å². The van der Waals surface area contributed by atoms with Gasteiger partial charge < -0.3 is 9.72 Å². The van der Waals surface area contributed by atoms with Gasteiger partial charge in [-0.1, -0.05) is 6.92 Å². The van der Waals surface area contributed by atoms with Crippen LogP contribution in [0.25, 0.3) is 0 Å². The van der Waals surface area contributed by atoms with E-state index in [1.807, 2.05) is 6.92 Å². The number of rotatable bonds is 4. The molecule has 1 aromatic carbocycles. The predicted molar refractivity (Wildman–Crippen MR) is 73.9 cm³/mol. The molecule has 6 nitrogen and oxygen atoms in total. The molecule has 1 heterocycles. The van der Waals surface area contributed by atoms with E-state index < -0.39 is 9.84 Å². The number of nitrogens with zero attached hydrogens (tertiary/aromatic N) is 1. The molecule has 1 aromatic heterocycles. The minimum atomic E-state index is -3.24. The van der Waals surface area contributed by atoms with Gasteiger partial charge in [-0.05, 0) is 24.3 Å². The summed E-state index contributed by atoms with van der Waals surface area (Å²) in [6.45, 7) is 1.86. The van der Waals surface area contributed by atoms with Crippen LogP contribution in [0.3, 0.4) is 0 Å². The van der Waals surface area contributed by atoms with Crippen LogP contribution in [0.15, 0.2) is 40.0 Å². The Bertz CT molecular complexity index is 764. The summed E-state index contributed by atoms with van der Waals surface area (Å²) in [6, 6.07) is 7.16. The number of aromatic nitrogens is 2. The maximum atomic E-state index is 11.4. The van der Waals surface area contributed by atoms with Gasteiger partial charge in [-0.25, -0.2) is 8.42 Å². The second-order valence-corrected chi connectivity index (χ2v) is 6.25. The number of hydrogen-bond donors (Lipinski definition) is 1. The fraction of sp³-hybridized carbons (Fsp3) is 0.231. The number of aromatic amines is 1. The van der Waals surface area contributed by atoms with Gasteiger partial charge >= 0.3 is 0 Å². The molecule has 0 aliphatic heterocycles. The summed E-state index contributed by atoms with van der Waals surface area (Å²) in [5.41, 5.74) is -0.292. The van der Waals surface area contributed by atoms with Gasteiger partial charge in [0.25, 0.3) is 5.56 Å². The van der Waals surface area contributed by atoms with E-state index in [0.717, 1.165) is 6.26 Å². The molecule has 7 heteroatoms.